The van der Waals surface area contributed by atoms with E-state index in [1.165, 1.54) is 51.6 Å². The van der Waals surface area contributed by atoms with Crippen LogP contribution in [0.2, 0.25) is 0 Å². The Bertz CT molecular complexity index is 238. The topological polar surface area (TPSA) is 3.24 Å². The molecule has 1 saturated carbocycles. The standard InChI is InChI=1S/C15H29N.C3H8/c1-12-7-9-16(10-8-12)14-6-5-13(2)15(3,4)11-14;1-3-2/h12-14H,5-11H2,1-4H3;3H2,1-2H3/t13-,14-;/m1./s1. The number of hydrogen-bond donors (Lipinski definition) is 0. The van der Waals surface area contributed by atoms with Gasteiger partial charge in [0.05, 0.1) is 0 Å². The summed E-state index contributed by atoms with van der Waals surface area (Å²) in [5.74, 6) is 1.87. The second-order valence-corrected chi connectivity index (χ2v) is 7.75. The van der Waals surface area contributed by atoms with E-state index in [1.807, 2.05) is 0 Å². The summed E-state index contributed by atoms with van der Waals surface area (Å²) in [6.45, 7) is 16.7. The van der Waals surface area contributed by atoms with Gasteiger partial charge in [-0.15, -0.1) is 0 Å². The maximum atomic E-state index is 2.79. The van der Waals surface area contributed by atoms with Crippen molar-refractivity contribution in [2.24, 2.45) is 17.3 Å². The van der Waals surface area contributed by atoms with Crippen LogP contribution < -0.4 is 0 Å². The van der Waals surface area contributed by atoms with Crippen molar-refractivity contribution in [2.75, 3.05) is 13.1 Å². The van der Waals surface area contributed by atoms with E-state index >= 15 is 0 Å². The summed E-state index contributed by atoms with van der Waals surface area (Å²) in [6, 6.07) is 0.888. The average Bonchev–Trinajstić information content (AvgIpc) is 2.35. The van der Waals surface area contributed by atoms with Gasteiger partial charge in [0.15, 0.2) is 0 Å². The number of nitrogens with zero attached hydrogens (tertiary/aromatic N) is 1. The van der Waals surface area contributed by atoms with Crippen molar-refractivity contribution in [1.82, 2.24) is 4.90 Å². The van der Waals surface area contributed by atoms with Gasteiger partial charge in [-0.3, -0.25) is 0 Å². The molecule has 0 unspecified atom stereocenters. The van der Waals surface area contributed by atoms with Crippen LogP contribution in [-0.4, -0.2) is 24.0 Å². The second-order valence-electron chi connectivity index (χ2n) is 7.75. The highest BCUT2D eigenvalue weighted by Crippen LogP contribution is 2.42. The molecule has 1 aliphatic carbocycles. The molecule has 1 saturated heterocycles. The summed E-state index contributed by atoms with van der Waals surface area (Å²) in [5, 5.41) is 0. The van der Waals surface area contributed by atoms with E-state index in [1.54, 1.807) is 0 Å². The predicted octanol–water partition coefficient (Wildman–Crippen LogP) is 5.35. The first-order valence-corrected chi connectivity index (χ1v) is 8.64. The Hall–Kier alpha value is -0.0400. The Balaban J connectivity index is 0.000000550. The summed E-state index contributed by atoms with van der Waals surface area (Å²) in [5.41, 5.74) is 0.561. The molecule has 1 heteroatoms. The molecular formula is C18H37N. The number of likely N-dealkylation sites (tertiary alicyclic amines) is 1. The summed E-state index contributed by atoms with van der Waals surface area (Å²) in [7, 11) is 0. The zero-order valence-electron chi connectivity index (χ0n) is 14.3. The van der Waals surface area contributed by atoms with Crippen LogP contribution in [0.5, 0.6) is 0 Å². The molecule has 0 aromatic rings. The summed E-state index contributed by atoms with van der Waals surface area (Å²) >= 11 is 0. The molecule has 0 aromatic heterocycles. The molecule has 0 radical (unpaired) electrons. The smallest absolute Gasteiger partial charge is 0.0100 e. The fourth-order valence-corrected chi connectivity index (χ4v) is 3.45. The van der Waals surface area contributed by atoms with Gasteiger partial charge in [-0.2, -0.15) is 0 Å². The minimum Gasteiger partial charge on any atom is -0.300 e. The van der Waals surface area contributed by atoms with Gasteiger partial charge in [-0.05, 0) is 62.4 Å². The molecular weight excluding hydrogens is 230 g/mol. The molecule has 114 valence electrons. The lowest BCUT2D eigenvalue weighted by Gasteiger charge is -2.46. The van der Waals surface area contributed by atoms with Gasteiger partial charge >= 0.3 is 0 Å². The van der Waals surface area contributed by atoms with Crippen LogP contribution in [-0.2, 0) is 0 Å². The highest BCUT2D eigenvalue weighted by atomic mass is 15.2. The van der Waals surface area contributed by atoms with E-state index in [4.69, 9.17) is 0 Å². The largest absolute Gasteiger partial charge is 0.300 e. The molecule has 2 fully saturated rings. The molecule has 1 heterocycles. The summed E-state index contributed by atoms with van der Waals surface area (Å²) < 4.78 is 0. The van der Waals surface area contributed by atoms with E-state index in [0.717, 1.165) is 17.9 Å². The Labute approximate surface area is 122 Å². The normalized spacial score (nSPS) is 32.5. The molecule has 2 rings (SSSR count). The molecule has 0 amide bonds. The summed E-state index contributed by atoms with van der Waals surface area (Å²) in [6.07, 6.45) is 8.39. The first kappa shape index (κ1) is 17.0. The molecule has 2 aliphatic rings. The Morgan fingerprint density at radius 3 is 1.95 bits per heavy atom. The van der Waals surface area contributed by atoms with Crippen molar-refractivity contribution in [3.05, 3.63) is 0 Å². The van der Waals surface area contributed by atoms with E-state index < -0.39 is 0 Å². The van der Waals surface area contributed by atoms with Gasteiger partial charge in [0.2, 0.25) is 0 Å². The van der Waals surface area contributed by atoms with Crippen molar-refractivity contribution in [3.8, 4) is 0 Å². The molecule has 0 spiro atoms. The number of piperidine rings is 1. The van der Waals surface area contributed by atoms with Crippen LogP contribution in [0, 0.1) is 17.3 Å². The van der Waals surface area contributed by atoms with Crippen molar-refractivity contribution in [3.63, 3.8) is 0 Å². The van der Waals surface area contributed by atoms with Crippen molar-refractivity contribution >= 4 is 0 Å². The third-order valence-corrected chi connectivity index (χ3v) is 5.36. The van der Waals surface area contributed by atoms with E-state index in [2.05, 4.69) is 46.4 Å². The number of hydrogen-bond acceptors (Lipinski definition) is 1. The van der Waals surface area contributed by atoms with Crippen molar-refractivity contribution in [2.45, 2.75) is 86.1 Å². The van der Waals surface area contributed by atoms with E-state index in [0.29, 0.717) is 5.41 Å². The summed E-state index contributed by atoms with van der Waals surface area (Å²) in [4.78, 5) is 2.79. The molecule has 19 heavy (non-hydrogen) atoms. The monoisotopic (exact) mass is 267 g/mol. The third kappa shape index (κ3) is 5.10. The predicted molar refractivity (Wildman–Crippen MR) is 86.5 cm³/mol. The highest BCUT2D eigenvalue weighted by Gasteiger charge is 2.36. The lowest BCUT2D eigenvalue weighted by atomic mass is 9.67. The Kier molecular flexibility index (Phi) is 6.86. The third-order valence-electron chi connectivity index (χ3n) is 5.36. The van der Waals surface area contributed by atoms with E-state index in [-0.39, 0.29) is 0 Å². The minimum atomic E-state index is 0.561. The fourth-order valence-electron chi connectivity index (χ4n) is 3.45. The molecule has 1 aliphatic heterocycles. The van der Waals surface area contributed by atoms with Crippen molar-refractivity contribution in [1.29, 1.82) is 0 Å². The van der Waals surface area contributed by atoms with Crippen LogP contribution >= 0.6 is 0 Å². The zero-order chi connectivity index (χ0) is 14.5. The number of rotatable bonds is 1. The lowest BCUT2D eigenvalue weighted by molar-refractivity contribution is 0.0379. The van der Waals surface area contributed by atoms with Crippen LogP contribution in [0.1, 0.15) is 80.1 Å². The first-order valence-electron chi connectivity index (χ1n) is 8.64. The molecule has 0 N–H and O–H groups in total. The SMILES string of the molecule is CC1CCN([C@@H]2CC[C@@H](C)C(C)(C)C2)CC1.CCC. The molecule has 2 atom stereocenters. The van der Waals surface area contributed by atoms with Crippen LogP contribution in [0.25, 0.3) is 0 Å². The zero-order valence-corrected chi connectivity index (χ0v) is 14.3. The quantitative estimate of drug-likeness (QED) is 0.619. The Morgan fingerprint density at radius 2 is 1.47 bits per heavy atom. The van der Waals surface area contributed by atoms with E-state index in [9.17, 15) is 0 Å². The maximum absolute atomic E-state index is 2.79. The Morgan fingerprint density at radius 1 is 0.947 bits per heavy atom. The van der Waals surface area contributed by atoms with Crippen LogP contribution in [0.15, 0.2) is 0 Å². The van der Waals surface area contributed by atoms with Gasteiger partial charge in [0.1, 0.15) is 0 Å². The highest BCUT2D eigenvalue weighted by molar-refractivity contribution is 4.90. The second kappa shape index (κ2) is 7.67. The average molecular weight is 268 g/mol. The van der Waals surface area contributed by atoms with Gasteiger partial charge in [-0.1, -0.05) is 48.0 Å². The first-order chi connectivity index (χ1) is 8.90. The fraction of sp³-hybridized carbons (Fsp3) is 1.00. The molecule has 0 bridgehead atoms. The van der Waals surface area contributed by atoms with Crippen LogP contribution in [0.4, 0.5) is 0 Å². The molecule has 0 aromatic carbocycles. The lowest BCUT2D eigenvalue weighted by Crippen LogP contribution is -2.46. The van der Waals surface area contributed by atoms with Crippen LogP contribution in [0.3, 0.4) is 0 Å². The maximum Gasteiger partial charge on any atom is 0.0100 e. The van der Waals surface area contributed by atoms with Gasteiger partial charge in [0, 0.05) is 6.04 Å². The van der Waals surface area contributed by atoms with Gasteiger partial charge in [-0.25, -0.2) is 0 Å². The minimum absolute atomic E-state index is 0.561. The van der Waals surface area contributed by atoms with Gasteiger partial charge < -0.3 is 4.90 Å². The van der Waals surface area contributed by atoms with Crippen molar-refractivity contribution < 1.29 is 0 Å². The van der Waals surface area contributed by atoms with Gasteiger partial charge in [0.25, 0.3) is 0 Å². The molecule has 1 nitrogen and oxygen atoms in total.